The van der Waals surface area contributed by atoms with E-state index in [0.29, 0.717) is 0 Å². The Morgan fingerprint density at radius 3 is 2.19 bits per heavy atom. The number of carbonyl (C=O) groups is 1. The van der Waals surface area contributed by atoms with Gasteiger partial charge in [-0.1, -0.05) is 48.5 Å². The maximum atomic E-state index is 12.7. The second kappa shape index (κ2) is 5.94. The zero-order valence-corrected chi connectivity index (χ0v) is 12.5. The molecule has 0 aliphatic carbocycles. The van der Waals surface area contributed by atoms with Crippen LogP contribution in [-0.4, -0.2) is 13.0 Å². The molecule has 104 valence electrons. The van der Waals surface area contributed by atoms with Crippen molar-refractivity contribution >= 4 is 22.9 Å². The van der Waals surface area contributed by atoms with Crippen molar-refractivity contribution < 1.29 is 4.79 Å². The highest BCUT2D eigenvalue weighted by Crippen LogP contribution is 2.30. The molecular weight excluding hydrogens is 278 g/mol. The summed E-state index contributed by atoms with van der Waals surface area (Å²) in [6.07, 6.45) is 0. The molecule has 3 rings (SSSR count). The Morgan fingerprint density at radius 1 is 0.905 bits per heavy atom. The highest BCUT2D eigenvalue weighted by atomic mass is 32.1. The van der Waals surface area contributed by atoms with Crippen LogP contribution in [0.25, 0.3) is 11.1 Å². The predicted octanol–water partition coefficient (Wildman–Crippen LogP) is 4.69. The summed E-state index contributed by atoms with van der Waals surface area (Å²) >= 11 is 1.48. The Kier molecular flexibility index (Phi) is 3.84. The number of carbonyl (C=O) groups excluding carboxylic acids is 1. The molecule has 0 radical (unpaired) electrons. The van der Waals surface area contributed by atoms with E-state index in [9.17, 15) is 4.79 Å². The van der Waals surface area contributed by atoms with E-state index in [0.717, 1.165) is 21.7 Å². The Labute approximate surface area is 128 Å². The second-order valence-corrected chi connectivity index (χ2v) is 5.65. The van der Waals surface area contributed by atoms with Gasteiger partial charge in [-0.15, -0.1) is 11.3 Å². The van der Waals surface area contributed by atoms with Gasteiger partial charge in [0.15, 0.2) is 0 Å². The van der Waals surface area contributed by atoms with Gasteiger partial charge in [0, 0.05) is 18.3 Å². The third-order valence-electron chi connectivity index (χ3n) is 3.39. The van der Waals surface area contributed by atoms with Crippen LogP contribution in [-0.2, 0) is 0 Å². The van der Waals surface area contributed by atoms with Crippen LogP contribution in [0.2, 0.25) is 0 Å². The molecule has 2 nitrogen and oxygen atoms in total. The van der Waals surface area contributed by atoms with E-state index >= 15 is 0 Å². The molecule has 1 aromatic heterocycles. The van der Waals surface area contributed by atoms with Crippen LogP contribution in [0.1, 0.15) is 9.67 Å². The standard InChI is InChI=1S/C18H15NOS/c1-19(15-10-6-3-7-11-15)18(20)17-16(12-13-21-17)14-8-4-2-5-9-14/h2-13H,1H3. The lowest BCUT2D eigenvalue weighted by Gasteiger charge is -2.17. The molecule has 0 aliphatic heterocycles. The summed E-state index contributed by atoms with van der Waals surface area (Å²) in [4.78, 5) is 15.2. The predicted molar refractivity (Wildman–Crippen MR) is 88.9 cm³/mol. The first kappa shape index (κ1) is 13.6. The molecule has 0 bridgehead atoms. The van der Waals surface area contributed by atoms with Crippen LogP contribution < -0.4 is 4.90 Å². The van der Waals surface area contributed by atoms with Crippen molar-refractivity contribution in [2.24, 2.45) is 0 Å². The van der Waals surface area contributed by atoms with Crippen LogP contribution in [0.15, 0.2) is 72.1 Å². The Bertz CT molecular complexity index is 734. The highest BCUT2D eigenvalue weighted by molar-refractivity contribution is 7.12. The van der Waals surface area contributed by atoms with Gasteiger partial charge in [0.1, 0.15) is 4.88 Å². The molecular formula is C18H15NOS. The van der Waals surface area contributed by atoms with Crippen LogP contribution in [0.5, 0.6) is 0 Å². The smallest absolute Gasteiger partial charge is 0.268 e. The first-order chi connectivity index (χ1) is 10.3. The van der Waals surface area contributed by atoms with Gasteiger partial charge in [-0.2, -0.15) is 0 Å². The van der Waals surface area contributed by atoms with Gasteiger partial charge >= 0.3 is 0 Å². The summed E-state index contributed by atoms with van der Waals surface area (Å²) in [5.74, 6) is 0.0232. The van der Waals surface area contributed by atoms with E-state index in [1.807, 2.05) is 79.2 Å². The molecule has 2 aromatic carbocycles. The van der Waals surface area contributed by atoms with Crippen molar-refractivity contribution in [3.63, 3.8) is 0 Å². The second-order valence-electron chi connectivity index (χ2n) is 4.73. The first-order valence-corrected chi connectivity index (χ1v) is 7.61. The van der Waals surface area contributed by atoms with Gasteiger partial charge in [-0.25, -0.2) is 0 Å². The molecule has 3 heteroatoms. The quantitative estimate of drug-likeness (QED) is 0.686. The lowest BCUT2D eigenvalue weighted by atomic mass is 10.1. The third kappa shape index (κ3) is 2.73. The van der Waals surface area contributed by atoms with E-state index < -0.39 is 0 Å². The Morgan fingerprint density at radius 2 is 1.52 bits per heavy atom. The van der Waals surface area contributed by atoms with E-state index in [1.54, 1.807) is 4.90 Å². The minimum atomic E-state index is 0.0232. The molecule has 0 unspecified atom stereocenters. The minimum Gasteiger partial charge on any atom is -0.311 e. The summed E-state index contributed by atoms with van der Waals surface area (Å²) in [5, 5.41) is 1.97. The van der Waals surface area contributed by atoms with Gasteiger partial charge in [0.05, 0.1) is 0 Å². The number of nitrogens with zero attached hydrogens (tertiary/aromatic N) is 1. The van der Waals surface area contributed by atoms with Crippen molar-refractivity contribution in [1.82, 2.24) is 0 Å². The molecule has 1 amide bonds. The van der Waals surface area contributed by atoms with Gasteiger partial charge in [-0.3, -0.25) is 4.79 Å². The highest BCUT2D eigenvalue weighted by Gasteiger charge is 2.19. The normalized spacial score (nSPS) is 10.3. The number of para-hydroxylation sites is 1. The minimum absolute atomic E-state index is 0.0232. The summed E-state index contributed by atoms with van der Waals surface area (Å²) in [6.45, 7) is 0. The maximum Gasteiger partial charge on any atom is 0.268 e. The Balaban J connectivity index is 1.95. The topological polar surface area (TPSA) is 20.3 Å². The van der Waals surface area contributed by atoms with Crippen molar-refractivity contribution in [2.75, 3.05) is 11.9 Å². The molecule has 0 spiro atoms. The fourth-order valence-corrected chi connectivity index (χ4v) is 3.13. The monoisotopic (exact) mass is 293 g/mol. The molecule has 0 N–H and O–H groups in total. The molecule has 0 saturated heterocycles. The van der Waals surface area contributed by atoms with Crippen LogP contribution in [0.4, 0.5) is 5.69 Å². The number of hydrogen-bond donors (Lipinski definition) is 0. The molecule has 21 heavy (non-hydrogen) atoms. The van der Waals surface area contributed by atoms with Crippen molar-refractivity contribution in [3.8, 4) is 11.1 Å². The Hall–Kier alpha value is -2.39. The fraction of sp³-hybridized carbons (Fsp3) is 0.0556. The average Bonchev–Trinajstić information content (AvgIpc) is 3.04. The summed E-state index contributed by atoms with van der Waals surface area (Å²) in [6, 6.07) is 21.7. The van der Waals surface area contributed by atoms with Crippen molar-refractivity contribution in [2.45, 2.75) is 0 Å². The van der Waals surface area contributed by atoms with Crippen LogP contribution in [0, 0.1) is 0 Å². The fourth-order valence-electron chi connectivity index (χ4n) is 2.24. The van der Waals surface area contributed by atoms with Gasteiger partial charge < -0.3 is 4.90 Å². The third-order valence-corrected chi connectivity index (χ3v) is 4.29. The summed E-state index contributed by atoms with van der Waals surface area (Å²) < 4.78 is 0. The molecule has 1 heterocycles. The molecule has 0 saturated carbocycles. The zero-order chi connectivity index (χ0) is 14.7. The van der Waals surface area contributed by atoms with E-state index in [1.165, 1.54) is 11.3 Å². The summed E-state index contributed by atoms with van der Waals surface area (Å²) in [5.41, 5.74) is 2.96. The van der Waals surface area contributed by atoms with Crippen LogP contribution >= 0.6 is 11.3 Å². The van der Waals surface area contributed by atoms with Crippen molar-refractivity contribution in [3.05, 3.63) is 77.0 Å². The number of hydrogen-bond acceptors (Lipinski definition) is 2. The first-order valence-electron chi connectivity index (χ1n) is 6.73. The number of amides is 1. The van der Waals surface area contributed by atoms with Gasteiger partial charge in [0.25, 0.3) is 5.91 Å². The van der Waals surface area contributed by atoms with Gasteiger partial charge in [0.2, 0.25) is 0 Å². The lowest BCUT2D eigenvalue weighted by molar-refractivity contribution is 0.0997. The van der Waals surface area contributed by atoms with E-state index in [2.05, 4.69) is 0 Å². The van der Waals surface area contributed by atoms with Crippen molar-refractivity contribution in [1.29, 1.82) is 0 Å². The zero-order valence-electron chi connectivity index (χ0n) is 11.7. The van der Waals surface area contributed by atoms with E-state index in [-0.39, 0.29) is 5.91 Å². The van der Waals surface area contributed by atoms with E-state index in [4.69, 9.17) is 0 Å². The number of benzene rings is 2. The SMILES string of the molecule is CN(C(=O)c1sccc1-c1ccccc1)c1ccccc1. The van der Waals surface area contributed by atoms with Crippen LogP contribution in [0.3, 0.4) is 0 Å². The average molecular weight is 293 g/mol. The molecule has 0 aliphatic rings. The number of rotatable bonds is 3. The number of thiophene rings is 1. The lowest BCUT2D eigenvalue weighted by Crippen LogP contribution is -2.25. The molecule has 0 atom stereocenters. The number of anilines is 1. The summed E-state index contributed by atoms with van der Waals surface area (Å²) in [7, 11) is 1.81. The maximum absolute atomic E-state index is 12.7. The van der Waals surface area contributed by atoms with Gasteiger partial charge in [-0.05, 0) is 29.1 Å². The molecule has 3 aromatic rings. The molecule has 0 fully saturated rings. The largest absolute Gasteiger partial charge is 0.311 e.